The van der Waals surface area contributed by atoms with Crippen molar-refractivity contribution in [3.8, 4) is 34.3 Å². The molecule has 2 aromatic heterocycles. The number of aromatic nitrogens is 4. The number of benzene rings is 1. The third-order valence-corrected chi connectivity index (χ3v) is 3.58. The zero-order valence-electron chi connectivity index (χ0n) is 11.5. The number of hydrogen-bond donors (Lipinski definition) is 2. The fraction of sp³-hybridized carbons (Fsp3) is 0.143. The second-order valence-corrected chi connectivity index (χ2v) is 4.90. The van der Waals surface area contributed by atoms with Gasteiger partial charge in [-0.25, -0.2) is 4.98 Å². The van der Waals surface area contributed by atoms with E-state index in [9.17, 15) is 5.11 Å². The Morgan fingerprint density at radius 2 is 2.14 bits per heavy atom. The summed E-state index contributed by atoms with van der Waals surface area (Å²) in [5, 5.41) is 17.7. The van der Waals surface area contributed by atoms with Gasteiger partial charge in [0.05, 0.1) is 19.0 Å². The monoisotopic (exact) mass is 304 g/mol. The van der Waals surface area contributed by atoms with Gasteiger partial charge >= 0.3 is 0 Å². The molecule has 6 nitrogen and oxygen atoms in total. The lowest BCUT2D eigenvalue weighted by Crippen LogP contribution is -1.92. The number of nitrogens with zero attached hydrogens (tertiary/aromatic N) is 3. The van der Waals surface area contributed by atoms with Crippen LogP contribution >= 0.6 is 11.6 Å². The topological polar surface area (TPSA) is 76.0 Å². The van der Waals surface area contributed by atoms with Crippen molar-refractivity contribution >= 4 is 11.6 Å². The first-order valence-electron chi connectivity index (χ1n) is 6.20. The molecule has 7 heteroatoms. The summed E-state index contributed by atoms with van der Waals surface area (Å²) in [6, 6.07) is 6.86. The number of ether oxygens (including phenoxy) is 1. The van der Waals surface area contributed by atoms with Crippen molar-refractivity contribution in [3.05, 3.63) is 35.6 Å². The number of phenolic OH excluding ortho intramolecular Hbond substituents is 1. The highest BCUT2D eigenvalue weighted by atomic mass is 35.5. The summed E-state index contributed by atoms with van der Waals surface area (Å²) in [5.74, 6) is 1.36. The molecule has 0 aliphatic carbocycles. The van der Waals surface area contributed by atoms with E-state index in [-0.39, 0.29) is 5.75 Å². The Balaban J connectivity index is 2.00. The first-order valence-corrected chi connectivity index (χ1v) is 6.58. The van der Waals surface area contributed by atoms with Crippen LogP contribution in [0.2, 0.25) is 5.15 Å². The Bertz CT molecular complexity index is 794. The second-order valence-electron chi connectivity index (χ2n) is 4.51. The highest BCUT2D eigenvalue weighted by molar-refractivity contribution is 6.29. The summed E-state index contributed by atoms with van der Waals surface area (Å²) in [5.41, 5.74) is 1.94. The summed E-state index contributed by atoms with van der Waals surface area (Å²) in [4.78, 5) is 4.22. The number of halogens is 1. The molecule has 3 rings (SSSR count). The van der Waals surface area contributed by atoms with Crippen molar-refractivity contribution < 1.29 is 9.84 Å². The molecule has 2 heterocycles. The molecule has 0 aliphatic rings. The van der Waals surface area contributed by atoms with Crippen LogP contribution in [-0.4, -0.2) is 32.0 Å². The third kappa shape index (κ3) is 2.34. The van der Waals surface area contributed by atoms with E-state index < -0.39 is 0 Å². The summed E-state index contributed by atoms with van der Waals surface area (Å²) < 4.78 is 6.81. The number of H-pyrrole nitrogens is 1. The third-order valence-electron chi connectivity index (χ3n) is 3.23. The fourth-order valence-corrected chi connectivity index (χ4v) is 2.20. The maximum atomic E-state index is 10.0. The average Bonchev–Trinajstić information content (AvgIpc) is 3.07. The Morgan fingerprint density at radius 1 is 1.33 bits per heavy atom. The number of imidazole rings is 1. The summed E-state index contributed by atoms with van der Waals surface area (Å²) in [6.45, 7) is 0. The molecule has 0 radical (unpaired) electrons. The van der Waals surface area contributed by atoms with E-state index in [0.29, 0.717) is 28.0 Å². The predicted octanol–water partition coefficient (Wildman–Crippen LogP) is 2.84. The molecule has 0 aliphatic heterocycles. The van der Waals surface area contributed by atoms with Crippen molar-refractivity contribution in [1.82, 2.24) is 19.7 Å². The first-order chi connectivity index (χ1) is 10.1. The van der Waals surface area contributed by atoms with Gasteiger partial charge in [-0.15, -0.1) is 0 Å². The predicted molar refractivity (Wildman–Crippen MR) is 79.5 cm³/mol. The van der Waals surface area contributed by atoms with Gasteiger partial charge in [-0.3, -0.25) is 5.10 Å². The molecule has 1 aromatic carbocycles. The minimum absolute atomic E-state index is 0.102. The van der Waals surface area contributed by atoms with E-state index >= 15 is 0 Å². The zero-order chi connectivity index (χ0) is 15.0. The van der Waals surface area contributed by atoms with Crippen LogP contribution in [0.3, 0.4) is 0 Å². The number of methoxy groups -OCH3 is 1. The highest BCUT2D eigenvalue weighted by Gasteiger charge is 2.14. The van der Waals surface area contributed by atoms with Crippen LogP contribution in [0.15, 0.2) is 30.5 Å². The molecule has 0 bridgehead atoms. The van der Waals surface area contributed by atoms with Gasteiger partial charge in [-0.2, -0.15) is 5.10 Å². The van der Waals surface area contributed by atoms with E-state index in [1.165, 1.54) is 0 Å². The molecule has 2 N–H and O–H groups in total. The smallest absolute Gasteiger partial charge is 0.158 e. The lowest BCUT2D eigenvalue weighted by Gasteiger charge is -2.04. The normalized spacial score (nSPS) is 10.8. The SMILES string of the molecule is COc1ccc(-c2cc(-c3ncc(Cl)n3C)[nH]n2)c(O)c1. The minimum Gasteiger partial charge on any atom is -0.507 e. The average molecular weight is 305 g/mol. The maximum absolute atomic E-state index is 10.0. The summed E-state index contributed by atoms with van der Waals surface area (Å²) in [6.07, 6.45) is 1.57. The van der Waals surface area contributed by atoms with Gasteiger partial charge < -0.3 is 14.4 Å². The number of hydrogen-bond acceptors (Lipinski definition) is 4. The number of phenols is 1. The van der Waals surface area contributed by atoms with E-state index in [2.05, 4.69) is 15.2 Å². The Kier molecular flexibility index (Phi) is 3.31. The quantitative estimate of drug-likeness (QED) is 0.780. The van der Waals surface area contributed by atoms with Gasteiger partial charge in [0.1, 0.15) is 22.3 Å². The van der Waals surface area contributed by atoms with Gasteiger partial charge in [-0.05, 0) is 18.2 Å². The zero-order valence-corrected chi connectivity index (χ0v) is 12.2. The van der Waals surface area contributed by atoms with Crippen LogP contribution in [0.1, 0.15) is 0 Å². The van der Waals surface area contributed by atoms with Crippen LogP contribution in [0.4, 0.5) is 0 Å². The molecule has 0 spiro atoms. The molecule has 0 unspecified atom stereocenters. The fourth-order valence-electron chi connectivity index (χ4n) is 2.07. The number of nitrogens with one attached hydrogen (secondary N) is 1. The molecule has 0 fully saturated rings. The van der Waals surface area contributed by atoms with Crippen molar-refractivity contribution in [2.75, 3.05) is 7.11 Å². The van der Waals surface area contributed by atoms with Gasteiger partial charge in [0.15, 0.2) is 5.82 Å². The first kappa shape index (κ1) is 13.5. The van der Waals surface area contributed by atoms with Gasteiger partial charge in [0, 0.05) is 18.7 Å². The molecular weight excluding hydrogens is 292 g/mol. The second kappa shape index (κ2) is 5.14. The standard InChI is InChI=1S/C14H13ClN4O2/c1-19-13(15)7-16-14(19)11-6-10(17-18-11)9-4-3-8(21-2)5-12(9)20/h3-7,20H,1-2H3,(H,17,18). The van der Waals surface area contributed by atoms with Gasteiger partial charge in [0.25, 0.3) is 0 Å². The molecule has 0 atom stereocenters. The van der Waals surface area contributed by atoms with Crippen LogP contribution in [0, 0.1) is 0 Å². The van der Waals surface area contributed by atoms with Crippen LogP contribution < -0.4 is 4.74 Å². The lowest BCUT2D eigenvalue weighted by atomic mass is 10.1. The van der Waals surface area contributed by atoms with E-state index in [4.69, 9.17) is 16.3 Å². The molecule has 108 valence electrons. The molecule has 21 heavy (non-hydrogen) atoms. The van der Waals surface area contributed by atoms with Crippen molar-refractivity contribution in [2.24, 2.45) is 7.05 Å². The van der Waals surface area contributed by atoms with Crippen molar-refractivity contribution in [3.63, 3.8) is 0 Å². The number of aromatic amines is 1. The van der Waals surface area contributed by atoms with Gasteiger partial charge in [0.2, 0.25) is 0 Å². The van der Waals surface area contributed by atoms with Crippen LogP contribution in [0.5, 0.6) is 11.5 Å². The molecule has 0 saturated heterocycles. The largest absolute Gasteiger partial charge is 0.507 e. The van der Waals surface area contributed by atoms with Crippen molar-refractivity contribution in [1.29, 1.82) is 0 Å². The Morgan fingerprint density at radius 3 is 2.76 bits per heavy atom. The highest BCUT2D eigenvalue weighted by Crippen LogP contribution is 2.33. The van der Waals surface area contributed by atoms with E-state index in [0.717, 1.165) is 5.69 Å². The lowest BCUT2D eigenvalue weighted by molar-refractivity contribution is 0.408. The molecular formula is C14H13ClN4O2. The summed E-state index contributed by atoms with van der Waals surface area (Å²) in [7, 11) is 3.36. The van der Waals surface area contributed by atoms with Crippen LogP contribution in [-0.2, 0) is 7.05 Å². The number of rotatable bonds is 3. The molecule has 0 amide bonds. The van der Waals surface area contributed by atoms with Crippen molar-refractivity contribution in [2.45, 2.75) is 0 Å². The molecule has 3 aromatic rings. The van der Waals surface area contributed by atoms with E-state index in [1.807, 2.05) is 7.05 Å². The van der Waals surface area contributed by atoms with E-state index in [1.54, 1.807) is 42.1 Å². The van der Waals surface area contributed by atoms with Crippen LogP contribution in [0.25, 0.3) is 22.8 Å². The maximum Gasteiger partial charge on any atom is 0.158 e. The Labute approximate surface area is 126 Å². The number of aromatic hydroxyl groups is 1. The molecule has 0 saturated carbocycles. The Hall–Kier alpha value is -2.47. The summed E-state index contributed by atoms with van der Waals surface area (Å²) >= 11 is 5.97. The van der Waals surface area contributed by atoms with Gasteiger partial charge in [-0.1, -0.05) is 11.6 Å². The minimum atomic E-state index is 0.102.